The molecule has 1 aliphatic rings. The molecule has 0 saturated carbocycles. The maximum Gasteiger partial charge on any atom is 0.166 e. The van der Waals surface area contributed by atoms with E-state index in [0.29, 0.717) is 16.5 Å². The van der Waals surface area contributed by atoms with Crippen molar-refractivity contribution in [2.45, 2.75) is 0 Å². The van der Waals surface area contributed by atoms with Gasteiger partial charge in [0.25, 0.3) is 0 Å². The summed E-state index contributed by atoms with van der Waals surface area (Å²) in [6, 6.07) is 17.0. The zero-order valence-electron chi connectivity index (χ0n) is 13.6. The number of methoxy groups -OCH3 is 1. The molecule has 1 N–H and O–H groups in total. The minimum absolute atomic E-state index is 0.245. The second kappa shape index (κ2) is 7.65. The van der Waals surface area contributed by atoms with E-state index >= 15 is 0 Å². The average molecular weight is 354 g/mol. The average Bonchev–Trinajstić information content (AvgIpc) is 3.05. The summed E-state index contributed by atoms with van der Waals surface area (Å²) in [6.45, 7) is 0.245. The van der Waals surface area contributed by atoms with E-state index in [1.54, 1.807) is 30.4 Å². The molecular weight excluding hydrogens is 338 g/mol. The fraction of sp³-hybridized carbons (Fsp3) is 0.105. The fourth-order valence-corrected chi connectivity index (χ4v) is 2.64. The van der Waals surface area contributed by atoms with Gasteiger partial charge >= 0.3 is 0 Å². The molecule has 25 heavy (non-hydrogen) atoms. The number of hydrogen-bond acceptors (Lipinski definition) is 5. The molecule has 0 unspecified atom stereocenters. The van der Waals surface area contributed by atoms with Crippen LogP contribution < -0.4 is 15.0 Å². The molecule has 0 atom stereocenters. The number of anilines is 2. The van der Waals surface area contributed by atoms with Crippen molar-refractivity contribution in [3.05, 3.63) is 77.3 Å². The van der Waals surface area contributed by atoms with Crippen LogP contribution in [-0.4, -0.2) is 13.8 Å². The SMILES string of the molecule is COc1ccc(NC=CC2=C(C#N)N(c3ccccc3Cl)CO2)cc1. The van der Waals surface area contributed by atoms with Crippen molar-refractivity contribution in [3.8, 4) is 11.8 Å². The van der Waals surface area contributed by atoms with Crippen LogP contribution >= 0.6 is 11.6 Å². The summed E-state index contributed by atoms with van der Waals surface area (Å²) in [5.74, 6) is 1.28. The van der Waals surface area contributed by atoms with E-state index in [9.17, 15) is 5.26 Å². The van der Waals surface area contributed by atoms with E-state index in [1.807, 2.05) is 42.5 Å². The second-order valence-corrected chi connectivity index (χ2v) is 5.59. The van der Waals surface area contributed by atoms with Gasteiger partial charge in [-0.1, -0.05) is 23.7 Å². The van der Waals surface area contributed by atoms with Gasteiger partial charge in [0.2, 0.25) is 0 Å². The van der Waals surface area contributed by atoms with Crippen LogP contribution in [0.3, 0.4) is 0 Å². The summed E-state index contributed by atoms with van der Waals surface area (Å²) in [5.41, 5.74) is 2.06. The molecule has 0 bridgehead atoms. The van der Waals surface area contributed by atoms with Crippen LogP contribution in [-0.2, 0) is 4.74 Å². The summed E-state index contributed by atoms with van der Waals surface area (Å²) in [5, 5.41) is 13.2. The third kappa shape index (κ3) is 3.70. The van der Waals surface area contributed by atoms with Crippen LogP contribution in [0.15, 0.2) is 72.3 Å². The highest BCUT2D eigenvalue weighted by Crippen LogP contribution is 2.32. The molecule has 0 saturated heterocycles. The van der Waals surface area contributed by atoms with Crippen molar-refractivity contribution < 1.29 is 9.47 Å². The second-order valence-electron chi connectivity index (χ2n) is 5.18. The van der Waals surface area contributed by atoms with Crippen LogP contribution in [0.5, 0.6) is 5.75 Å². The summed E-state index contributed by atoms with van der Waals surface area (Å²) in [4.78, 5) is 1.75. The topological polar surface area (TPSA) is 57.5 Å². The molecular formula is C19H16ClN3O2. The first-order valence-electron chi connectivity index (χ1n) is 7.59. The third-order valence-electron chi connectivity index (χ3n) is 3.68. The maximum absolute atomic E-state index is 9.49. The molecule has 1 heterocycles. The molecule has 0 aliphatic carbocycles. The molecule has 3 rings (SSSR count). The van der Waals surface area contributed by atoms with Gasteiger partial charge in [-0.3, -0.25) is 4.90 Å². The molecule has 0 spiro atoms. The van der Waals surface area contributed by atoms with E-state index in [-0.39, 0.29) is 6.73 Å². The predicted molar refractivity (Wildman–Crippen MR) is 98.3 cm³/mol. The Morgan fingerprint density at radius 3 is 2.68 bits per heavy atom. The highest BCUT2D eigenvalue weighted by Gasteiger charge is 2.25. The van der Waals surface area contributed by atoms with Crippen molar-refractivity contribution in [3.63, 3.8) is 0 Å². The number of nitriles is 1. The molecule has 0 radical (unpaired) electrons. The van der Waals surface area contributed by atoms with E-state index in [2.05, 4.69) is 11.4 Å². The number of para-hydroxylation sites is 1. The van der Waals surface area contributed by atoms with Gasteiger partial charge in [-0.05, 0) is 42.5 Å². The lowest BCUT2D eigenvalue weighted by Gasteiger charge is -2.16. The summed E-state index contributed by atoms with van der Waals surface area (Å²) in [7, 11) is 1.63. The van der Waals surface area contributed by atoms with Crippen molar-refractivity contribution in [2.24, 2.45) is 0 Å². The predicted octanol–water partition coefficient (Wildman–Crippen LogP) is 4.50. The number of halogens is 1. The lowest BCUT2D eigenvalue weighted by molar-refractivity contribution is 0.257. The molecule has 2 aromatic rings. The van der Waals surface area contributed by atoms with Gasteiger partial charge < -0.3 is 14.8 Å². The number of hydrogen-bond donors (Lipinski definition) is 1. The number of rotatable bonds is 5. The normalized spacial score (nSPS) is 13.7. The number of benzene rings is 2. The molecule has 0 fully saturated rings. The van der Waals surface area contributed by atoms with E-state index in [0.717, 1.165) is 17.1 Å². The van der Waals surface area contributed by atoms with Gasteiger partial charge in [-0.25, -0.2) is 0 Å². The molecule has 1 aliphatic heterocycles. The van der Waals surface area contributed by atoms with Crippen molar-refractivity contribution in [1.82, 2.24) is 0 Å². The van der Waals surface area contributed by atoms with Gasteiger partial charge in [0.15, 0.2) is 18.2 Å². The Hall–Kier alpha value is -3.10. The first-order valence-corrected chi connectivity index (χ1v) is 7.97. The first kappa shape index (κ1) is 16.7. The minimum atomic E-state index is 0.245. The number of nitrogens with zero attached hydrogens (tertiary/aromatic N) is 2. The highest BCUT2D eigenvalue weighted by atomic mass is 35.5. The molecule has 2 aromatic carbocycles. The third-order valence-corrected chi connectivity index (χ3v) is 4.00. The Bertz CT molecular complexity index is 854. The molecule has 5 nitrogen and oxygen atoms in total. The molecule has 0 amide bonds. The number of nitrogens with one attached hydrogen (secondary N) is 1. The summed E-state index contributed by atoms with van der Waals surface area (Å²) >= 11 is 6.21. The minimum Gasteiger partial charge on any atom is -0.497 e. The van der Waals surface area contributed by atoms with Crippen molar-refractivity contribution >= 4 is 23.0 Å². The van der Waals surface area contributed by atoms with Crippen LogP contribution in [0.2, 0.25) is 5.02 Å². The zero-order valence-corrected chi connectivity index (χ0v) is 14.3. The van der Waals surface area contributed by atoms with Crippen LogP contribution in [0.1, 0.15) is 0 Å². The van der Waals surface area contributed by atoms with E-state index < -0.39 is 0 Å². The highest BCUT2D eigenvalue weighted by molar-refractivity contribution is 6.33. The summed E-state index contributed by atoms with van der Waals surface area (Å²) in [6.07, 6.45) is 3.45. The smallest absolute Gasteiger partial charge is 0.166 e. The zero-order chi connectivity index (χ0) is 17.6. The van der Waals surface area contributed by atoms with E-state index in [4.69, 9.17) is 21.1 Å². The van der Waals surface area contributed by atoms with Gasteiger partial charge in [0, 0.05) is 11.9 Å². The Balaban J connectivity index is 1.75. The monoisotopic (exact) mass is 353 g/mol. The van der Waals surface area contributed by atoms with Crippen molar-refractivity contribution in [1.29, 1.82) is 5.26 Å². The molecule has 6 heteroatoms. The number of allylic oxidation sites excluding steroid dienone is 2. The largest absolute Gasteiger partial charge is 0.497 e. The fourth-order valence-electron chi connectivity index (χ4n) is 2.40. The van der Waals surface area contributed by atoms with E-state index in [1.165, 1.54) is 0 Å². The Morgan fingerprint density at radius 1 is 1.24 bits per heavy atom. The first-order chi connectivity index (χ1) is 12.2. The number of ether oxygens (including phenoxy) is 2. The van der Waals surface area contributed by atoms with Crippen molar-refractivity contribution in [2.75, 3.05) is 24.1 Å². The Labute approximate surface area is 151 Å². The van der Waals surface area contributed by atoms with Gasteiger partial charge in [0.05, 0.1) is 17.8 Å². The van der Waals surface area contributed by atoms with Gasteiger partial charge in [-0.2, -0.15) is 5.26 Å². The maximum atomic E-state index is 9.49. The van der Waals surface area contributed by atoms with Gasteiger partial charge in [-0.15, -0.1) is 0 Å². The standard InChI is InChI=1S/C19H16ClN3O2/c1-24-15-8-6-14(7-9-15)22-11-10-19-18(12-21)23(13-25-19)17-5-3-2-4-16(17)20/h2-11,22H,13H2,1H3. The van der Waals surface area contributed by atoms with Crippen LogP contribution in [0.4, 0.5) is 11.4 Å². The van der Waals surface area contributed by atoms with Gasteiger partial charge in [0.1, 0.15) is 11.8 Å². The molecule has 126 valence electrons. The van der Waals surface area contributed by atoms with Crippen LogP contribution in [0, 0.1) is 11.3 Å². The summed E-state index contributed by atoms with van der Waals surface area (Å²) < 4.78 is 10.8. The Kier molecular flexibility index (Phi) is 5.12. The quantitative estimate of drug-likeness (QED) is 0.857. The van der Waals surface area contributed by atoms with Crippen LogP contribution in [0.25, 0.3) is 0 Å². The molecule has 0 aromatic heterocycles. The lowest BCUT2D eigenvalue weighted by atomic mass is 10.2. The Morgan fingerprint density at radius 2 is 2.00 bits per heavy atom. The lowest BCUT2D eigenvalue weighted by Crippen LogP contribution is -2.18.